The van der Waals surface area contributed by atoms with E-state index in [-0.39, 0.29) is 5.91 Å². The highest BCUT2D eigenvalue weighted by atomic mass is 16.5. The number of amides is 1. The van der Waals surface area contributed by atoms with Gasteiger partial charge >= 0.3 is 0 Å². The fourth-order valence-electron chi connectivity index (χ4n) is 2.32. The number of ether oxygens (including phenoxy) is 1. The zero-order chi connectivity index (χ0) is 16.8. The molecule has 0 heterocycles. The largest absolute Gasteiger partial charge is 0.481 e. The lowest BCUT2D eigenvalue weighted by atomic mass is 9.99. The molecule has 0 bridgehead atoms. The Labute approximate surface area is 138 Å². The van der Waals surface area contributed by atoms with Gasteiger partial charge in [-0.3, -0.25) is 4.79 Å². The number of carbonyl (C=O) groups is 1. The summed E-state index contributed by atoms with van der Waals surface area (Å²) in [6, 6.07) is 15.7. The smallest absolute Gasteiger partial charge is 0.265 e. The normalized spacial score (nSPS) is 13.2. The van der Waals surface area contributed by atoms with E-state index in [0.29, 0.717) is 11.7 Å². The molecule has 0 spiro atoms. The van der Waals surface area contributed by atoms with E-state index in [4.69, 9.17) is 4.74 Å². The standard InChI is InChI=1S/C20H25NO2/c1-5-15(3)17-9-11-18(12-10-17)21-20(22)16(4)23-19-8-6-7-14(2)13-19/h6-13,15-16H,5H2,1-4H3,(H,21,22). The second kappa shape index (κ2) is 7.82. The first-order valence-corrected chi connectivity index (χ1v) is 8.13. The van der Waals surface area contributed by atoms with Crippen LogP contribution in [-0.2, 0) is 4.79 Å². The van der Waals surface area contributed by atoms with E-state index in [2.05, 4.69) is 31.3 Å². The molecule has 23 heavy (non-hydrogen) atoms. The maximum atomic E-state index is 12.2. The lowest BCUT2D eigenvalue weighted by Crippen LogP contribution is -2.30. The molecule has 2 aromatic carbocycles. The molecular weight excluding hydrogens is 286 g/mol. The minimum absolute atomic E-state index is 0.150. The molecule has 0 aromatic heterocycles. The lowest BCUT2D eigenvalue weighted by Gasteiger charge is -2.16. The van der Waals surface area contributed by atoms with Gasteiger partial charge in [-0.05, 0) is 61.6 Å². The monoisotopic (exact) mass is 311 g/mol. The van der Waals surface area contributed by atoms with Gasteiger partial charge in [0.05, 0.1) is 0 Å². The van der Waals surface area contributed by atoms with Crippen LogP contribution < -0.4 is 10.1 Å². The first-order valence-electron chi connectivity index (χ1n) is 8.13. The van der Waals surface area contributed by atoms with Crippen LogP contribution in [0.1, 0.15) is 44.2 Å². The van der Waals surface area contributed by atoms with Crippen LogP contribution in [0.2, 0.25) is 0 Å². The summed E-state index contributed by atoms with van der Waals surface area (Å²) in [6.07, 6.45) is 0.554. The van der Waals surface area contributed by atoms with Gasteiger partial charge in [0.1, 0.15) is 5.75 Å². The highest BCUT2D eigenvalue weighted by molar-refractivity contribution is 5.94. The van der Waals surface area contributed by atoms with Crippen molar-refractivity contribution in [2.75, 3.05) is 5.32 Å². The Hall–Kier alpha value is -2.29. The van der Waals surface area contributed by atoms with Crippen molar-refractivity contribution in [3.05, 3.63) is 59.7 Å². The Morgan fingerprint density at radius 3 is 2.43 bits per heavy atom. The van der Waals surface area contributed by atoms with Crippen LogP contribution in [0.5, 0.6) is 5.75 Å². The molecule has 0 saturated carbocycles. The fourth-order valence-corrected chi connectivity index (χ4v) is 2.32. The molecule has 2 rings (SSSR count). The predicted molar refractivity (Wildman–Crippen MR) is 95.0 cm³/mol. The number of nitrogens with one attached hydrogen (secondary N) is 1. The molecule has 3 heteroatoms. The number of hydrogen-bond donors (Lipinski definition) is 1. The molecule has 0 fully saturated rings. The lowest BCUT2D eigenvalue weighted by molar-refractivity contribution is -0.122. The third-order valence-corrected chi connectivity index (χ3v) is 4.03. The quantitative estimate of drug-likeness (QED) is 0.822. The van der Waals surface area contributed by atoms with Gasteiger partial charge in [0.2, 0.25) is 0 Å². The summed E-state index contributed by atoms with van der Waals surface area (Å²) in [7, 11) is 0. The van der Waals surface area contributed by atoms with Crippen molar-refractivity contribution in [3.63, 3.8) is 0 Å². The van der Waals surface area contributed by atoms with Gasteiger partial charge in [-0.15, -0.1) is 0 Å². The van der Waals surface area contributed by atoms with Gasteiger partial charge in [-0.25, -0.2) is 0 Å². The molecule has 1 amide bonds. The number of rotatable bonds is 6. The molecule has 0 saturated heterocycles. The van der Waals surface area contributed by atoms with Crippen LogP contribution in [-0.4, -0.2) is 12.0 Å². The summed E-state index contributed by atoms with van der Waals surface area (Å²) >= 11 is 0. The molecule has 0 aliphatic rings. The minimum Gasteiger partial charge on any atom is -0.481 e. The Morgan fingerprint density at radius 2 is 1.83 bits per heavy atom. The van der Waals surface area contributed by atoms with Crippen LogP contribution in [0.3, 0.4) is 0 Å². The Balaban J connectivity index is 1.95. The van der Waals surface area contributed by atoms with E-state index in [1.54, 1.807) is 6.92 Å². The third kappa shape index (κ3) is 4.85. The van der Waals surface area contributed by atoms with E-state index < -0.39 is 6.10 Å². The van der Waals surface area contributed by atoms with E-state index in [1.807, 2.05) is 43.3 Å². The van der Waals surface area contributed by atoms with E-state index in [0.717, 1.165) is 17.7 Å². The van der Waals surface area contributed by atoms with E-state index in [9.17, 15) is 4.79 Å². The Kier molecular flexibility index (Phi) is 5.80. The number of carbonyl (C=O) groups excluding carboxylic acids is 1. The van der Waals surface area contributed by atoms with Gasteiger partial charge < -0.3 is 10.1 Å². The molecule has 122 valence electrons. The Bertz CT molecular complexity index is 649. The average Bonchev–Trinajstić information content (AvgIpc) is 2.54. The highest BCUT2D eigenvalue weighted by Gasteiger charge is 2.15. The van der Waals surface area contributed by atoms with Gasteiger partial charge in [-0.2, -0.15) is 0 Å². The van der Waals surface area contributed by atoms with Crippen molar-refractivity contribution < 1.29 is 9.53 Å². The summed E-state index contributed by atoms with van der Waals surface area (Å²) in [5.41, 5.74) is 3.19. The second-order valence-electron chi connectivity index (χ2n) is 6.00. The molecule has 0 aliphatic carbocycles. The van der Waals surface area contributed by atoms with Crippen molar-refractivity contribution in [1.29, 1.82) is 0 Å². The number of benzene rings is 2. The second-order valence-corrected chi connectivity index (χ2v) is 6.00. The van der Waals surface area contributed by atoms with Crippen LogP contribution in [0, 0.1) is 6.92 Å². The molecule has 0 radical (unpaired) electrons. The minimum atomic E-state index is -0.550. The zero-order valence-corrected chi connectivity index (χ0v) is 14.3. The summed E-state index contributed by atoms with van der Waals surface area (Å²) < 4.78 is 5.70. The van der Waals surface area contributed by atoms with Gasteiger partial charge in [0, 0.05) is 5.69 Å². The Morgan fingerprint density at radius 1 is 1.13 bits per heavy atom. The topological polar surface area (TPSA) is 38.3 Å². The van der Waals surface area contributed by atoms with Gasteiger partial charge in [0.15, 0.2) is 6.10 Å². The van der Waals surface area contributed by atoms with Crippen LogP contribution in [0.4, 0.5) is 5.69 Å². The van der Waals surface area contributed by atoms with Crippen molar-refractivity contribution in [2.45, 2.75) is 46.1 Å². The van der Waals surface area contributed by atoms with E-state index in [1.165, 1.54) is 5.56 Å². The number of aryl methyl sites for hydroxylation is 1. The maximum Gasteiger partial charge on any atom is 0.265 e. The van der Waals surface area contributed by atoms with Crippen molar-refractivity contribution >= 4 is 11.6 Å². The first-order chi connectivity index (χ1) is 11.0. The molecule has 0 aliphatic heterocycles. The maximum absolute atomic E-state index is 12.2. The predicted octanol–water partition coefficient (Wildman–Crippen LogP) is 4.91. The van der Waals surface area contributed by atoms with Crippen molar-refractivity contribution in [3.8, 4) is 5.75 Å². The summed E-state index contributed by atoms with van der Waals surface area (Å²) in [4.78, 5) is 12.2. The van der Waals surface area contributed by atoms with Crippen LogP contribution in [0.25, 0.3) is 0 Å². The van der Waals surface area contributed by atoms with Crippen LogP contribution >= 0.6 is 0 Å². The fraction of sp³-hybridized carbons (Fsp3) is 0.350. The summed E-state index contributed by atoms with van der Waals surface area (Å²) in [5, 5.41) is 2.90. The van der Waals surface area contributed by atoms with Crippen LogP contribution in [0.15, 0.2) is 48.5 Å². The van der Waals surface area contributed by atoms with Gasteiger partial charge in [0.25, 0.3) is 5.91 Å². The molecular formula is C20H25NO2. The summed E-state index contributed by atoms with van der Waals surface area (Å²) in [6.45, 7) is 8.12. The van der Waals surface area contributed by atoms with Crippen molar-refractivity contribution in [2.24, 2.45) is 0 Å². The van der Waals surface area contributed by atoms with Gasteiger partial charge in [-0.1, -0.05) is 38.1 Å². The first kappa shape index (κ1) is 17.1. The molecule has 3 nitrogen and oxygen atoms in total. The summed E-state index contributed by atoms with van der Waals surface area (Å²) in [5.74, 6) is 1.09. The molecule has 1 N–H and O–H groups in total. The third-order valence-electron chi connectivity index (χ3n) is 4.03. The van der Waals surface area contributed by atoms with Crippen molar-refractivity contribution in [1.82, 2.24) is 0 Å². The molecule has 2 atom stereocenters. The number of hydrogen-bond acceptors (Lipinski definition) is 2. The molecule has 2 unspecified atom stereocenters. The number of anilines is 1. The average molecular weight is 311 g/mol. The van der Waals surface area contributed by atoms with E-state index >= 15 is 0 Å². The molecule has 2 aromatic rings. The SMILES string of the molecule is CCC(C)c1ccc(NC(=O)C(C)Oc2cccc(C)c2)cc1. The zero-order valence-electron chi connectivity index (χ0n) is 14.3. The highest BCUT2D eigenvalue weighted by Crippen LogP contribution is 2.21.